The summed E-state index contributed by atoms with van der Waals surface area (Å²) in [6, 6.07) is 3.62. The van der Waals surface area contributed by atoms with Gasteiger partial charge in [-0.3, -0.25) is 0 Å². The smallest absolute Gasteiger partial charge is 0.319 e. The minimum atomic E-state index is -0.208. The lowest BCUT2D eigenvalue weighted by atomic mass is 10.2. The summed E-state index contributed by atoms with van der Waals surface area (Å²) in [6.07, 6.45) is 5.24. The lowest BCUT2D eigenvalue weighted by Gasteiger charge is -2.10. The van der Waals surface area contributed by atoms with Crippen LogP contribution >= 0.6 is 0 Å². The van der Waals surface area contributed by atoms with Crippen LogP contribution in [0.25, 0.3) is 0 Å². The van der Waals surface area contributed by atoms with Gasteiger partial charge in [0.05, 0.1) is 11.9 Å². The van der Waals surface area contributed by atoms with E-state index in [1.54, 1.807) is 6.20 Å². The van der Waals surface area contributed by atoms with Crippen molar-refractivity contribution in [3.63, 3.8) is 0 Å². The molecule has 0 radical (unpaired) electrons. The maximum Gasteiger partial charge on any atom is 0.319 e. The SMILES string of the molecule is CCCCCNc1ccc(NC(=O)NC(C)C)cn1. The summed E-state index contributed by atoms with van der Waals surface area (Å²) in [7, 11) is 0. The first-order valence-electron chi connectivity index (χ1n) is 6.89. The van der Waals surface area contributed by atoms with Crippen LogP contribution in [0.1, 0.15) is 40.0 Å². The van der Waals surface area contributed by atoms with Gasteiger partial charge in [0.15, 0.2) is 0 Å². The molecule has 0 saturated carbocycles. The summed E-state index contributed by atoms with van der Waals surface area (Å²) in [4.78, 5) is 15.7. The summed E-state index contributed by atoms with van der Waals surface area (Å²) >= 11 is 0. The van der Waals surface area contributed by atoms with Crippen LogP contribution in [0.2, 0.25) is 0 Å². The fraction of sp³-hybridized carbons (Fsp3) is 0.571. The maximum atomic E-state index is 11.5. The number of hydrogen-bond acceptors (Lipinski definition) is 3. The zero-order valence-electron chi connectivity index (χ0n) is 12.0. The van der Waals surface area contributed by atoms with E-state index in [0.717, 1.165) is 18.8 Å². The van der Waals surface area contributed by atoms with Crippen molar-refractivity contribution in [3.05, 3.63) is 18.3 Å². The molecule has 0 unspecified atom stereocenters. The topological polar surface area (TPSA) is 66.0 Å². The van der Waals surface area contributed by atoms with Crippen molar-refractivity contribution in [2.45, 2.75) is 46.1 Å². The van der Waals surface area contributed by atoms with Crippen LogP contribution in [0.15, 0.2) is 18.3 Å². The normalized spacial score (nSPS) is 10.3. The van der Waals surface area contributed by atoms with Gasteiger partial charge >= 0.3 is 6.03 Å². The highest BCUT2D eigenvalue weighted by molar-refractivity contribution is 5.89. The number of anilines is 2. The average molecular weight is 264 g/mol. The summed E-state index contributed by atoms with van der Waals surface area (Å²) < 4.78 is 0. The first kappa shape index (κ1) is 15.3. The molecule has 19 heavy (non-hydrogen) atoms. The quantitative estimate of drug-likeness (QED) is 0.662. The molecule has 0 aliphatic carbocycles. The van der Waals surface area contributed by atoms with E-state index >= 15 is 0 Å². The van der Waals surface area contributed by atoms with Crippen molar-refractivity contribution < 1.29 is 4.79 Å². The molecule has 3 N–H and O–H groups in total. The van der Waals surface area contributed by atoms with Crippen molar-refractivity contribution in [3.8, 4) is 0 Å². The Morgan fingerprint density at radius 2 is 2.11 bits per heavy atom. The number of carbonyl (C=O) groups is 1. The molecule has 2 amide bonds. The molecule has 0 saturated heterocycles. The van der Waals surface area contributed by atoms with Gasteiger partial charge in [-0.05, 0) is 32.4 Å². The van der Waals surface area contributed by atoms with Gasteiger partial charge in [-0.2, -0.15) is 0 Å². The van der Waals surface area contributed by atoms with Crippen LogP contribution in [0.5, 0.6) is 0 Å². The van der Waals surface area contributed by atoms with Gasteiger partial charge in [0, 0.05) is 12.6 Å². The van der Waals surface area contributed by atoms with Gasteiger partial charge < -0.3 is 16.0 Å². The second kappa shape index (κ2) is 8.34. The molecule has 5 nitrogen and oxygen atoms in total. The number of rotatable bonds is 7. The highest BCUT2D eigenvalue weighted by Gasteiger charge is 2.03. The minimum Gasteiger partial charge on any atom is -0.370 e. The van der Waals surface area contributed by atoms with Crippen LogP contribution in [-0.2, 0) is 0 Å². The number of pyridine rings is 1. The molecule has 1 rings (SSSR count). The molecular formula is C14H24N4O. The number of urea groups is 1. The number of unbranched alkanes of at least 4 members (excludes halogenated alkanes) is 2. The second-order valence-corrected chi connectivity index (χ2v) is 4.82. The van der Waals surface area contributed by atoms with E-state index in [2.05, 4.69) is 27.9 Å². The molecule has 0 aliphatic rings. The number of amides is 2. The molecule has 1 aromatic heterocycles. The molecule has 0 aromatic carbocycles. The number of nitrogens with one attached hydrogen (secondary N) is 3. The predicted molar refractivity (Wildman–Crippen MR) is 79.5 cm³/mol. The van der Waals surface area contributed by atoms with Crippen LogP contribution in [0, 0.1) is 0 Å². The predicted octanol–water partition coefficient (Wildman–Crippen LogP) is 3.21. The van der Waals surface area contributed by atoms with Crippen molar-refractivity contribution in [2.24, 2.45) is 0 Å². The van der Waals surface area contributed by atoms with Gasteiger partial charge in [0.25, 0.3) is 0 Å². The largest absolute Gasteiger partial charge is 0.370 e. The number of aromatic nitrogens is 1. The molecule has 5 heteroatoms. The van der Waals surface area contributed by atoms with E-state index in [0.29, 0.717) is 5.69 Å². The van der Waals surface area contributed by atoms with E-state index in [1.165, 1.54) is 12.8 Å². The Hall–Kier alpha value is -1.78. The third kappa shape index (κ3) is 6.64. The fourth-order valence-electron chi connectivity index (χ4n) is 1.59. The standard InChI is InChI=1S/C14H24N4O/c1-4-5-6-9-15-13-8-7-12(10-16-13)18-14(19)17-11(2)3/h7-8,10-11H,4-6,9H2,1-3H3,(H,15,16)(H2,17,18,19). The summed E-state index contributed by atoms with van der Waals surface area (Å²) in [6.45, 7) is 6.95. The Balaban J connectivity index is 2.36. The van der Waals surface area contributed by atoms with E-state index in [9.17, 15) is 4.79 Å². The Kier molecular flexibility index (Phi) is 6.71. The lowest BCUT2D eigenvalue weighted by molar-refractivity contribution is 0.250. The Morgan fingerprint density at radius 1 is 1.32 bits per heavy atom. The van der Waals surface area contributed by atoms with Crippen molar-refractivity contribution in [1.82, 2.24) is 10.3 Å². The first-order chi connectivity index (χ1) is 9.11. The third-order valence-corrected chi connectivity index (χ3v) is 2.53. The second-order valence-electron chi connectivity index (χ2n) is 4.82. The summed E-state index contributed by atoms with van der Waals surface area (Å²) in [5, 5.41) is 8.75. The van der Waals surface area contributed by atoms with Gasteiger partial charge in [-0.15, -0.1) is 0 Å². The van der Waals surface area contributed by atoms with E-state index in [-0.39, 0.29) is 12.1 Å². The monoisotopic (exact) mass is 264 g/mol. The van der Waals surface area contributed by atoms with Crippen LogP contribution in [0.3, 0.4) is 0 Å². The molecule has 1 heterocycles. The Morgan fingerprint density at radius 3 is 2.68 bits per heavy atom. The van der Waals surface area contributed by atoms with Gasteiger partial charge in [-0.25, -0.2) is 9.78 Å². The van der Waals surface area contributed by atoms with E-state index in [1.807, 2.05) is 26.0 Å². The summed E-state index contributed by atoms with van der Waals surface area (Å²) in [5.74, 6) is 0.839. The number of carbonyl (C=O) groups excluding carboxylic acids is 1. The van der Waals surface area contributed by atoms with Crippen molar-refractivity contribution in [1.29, 1.82) is 0 Å². The lowest BCUT2D eigenvalue weighted by Crippen LogP contribution is -2.34. The fourth-order valence-corrected chi connectivity index (χ4v) is 1.59. The van der Waals surface area contributed by atoms with E-state index < -0.39 is 0 Å². The molecule has 1 aromatic rings. The zero-order chi connectivity index (χ0) is 14.1. The first-order valence-corrected chi connectivity index (χ1v) is 6.89. The van der Waals surface area contributed by atoms with Gasteiger partial charge in [0.2, 0.25) is 0 Å². The van der Waals surface area contributed by atoms with Crippen molar-refractivity contribution >= 4 is 17.5 Å². The molecule has 0 fully saturated rings. The van der Waals surface area contributed by atoms with Crippen molar-refractivity contribution in [2.75, 3.05) is 17.2 Å². The Labute approximate surface area is 115 Å². The minimum absolute atomic E-state index is 0.118. The number of nitrogens with zero attached hydrogens (tertiary/aromatic N) is 1. The van der Waals surface area contributed by atoms with Gasteiger partial charge in [-0.1, -0.05) is 19.8 Å². The molecule has 0 bridgehead atoms. The molecule has 0 aliphatic heterocycles. The third-order valence-electron chi connectivity index (χ3n) is 2.53. The highest BCUT2D eigenvalue weighted by atomic mass is 16.2. The maximum absolute atomic E-state index is 11.5. The van der Waals surface area contributed by atoms with Crippen LogP contribution in [-0.4, -0.2) is 23.6 Å². The van der Waals surface area contributed by atoms with Gasteiger partial charge in [0.1, 0.15) is 5.82 Å². The molecule has 106 valence electrons. The molecule has 0 atom stereocenters. The molecular weight excluding hydrogens is 240 g/mol. The number of hydrogen-bond donors (Lipinski definition) is 3. The van der Waals surface area contributed by atoms with Crippen LogP contribution in [0.4, 0.5) is 16.3 Å². The highest BCUT2D eigenvalue weighted by Crippen LogP contribution is 2.09. The van der Waals surface area contributed by atoms with E-state index in [4.69, 9.17) is 0 Å². The van der Waals surface area contributed by atoms with Crippen LogP contribution < -0.4 is 16.0 Å². The average Bonchev–Trinajstić information content (AvgIpc) is 2.35. The zero-order valence-corrected chi connectivity index (χ0v) is 12.0. The molecule has 0 spiro atoms. The summed E-state index contributed by atoms with van der Waals surface area (Å²) in [5.41, 5.74) is 0.692. The Bertz CT molecular complexity index is 376.